The minimum Gasteiger partial charge on any atom is -0.359 e. The molecule has 198 valence electrons. The normalized spacial score (nSPS) is 29.9. The van der Waals surface area contributed by atoms with Crippen molar-refractivity contribution in [2.45, 2.75) is 62.4 Å². The third kappa shape index (κ3) is 4.31. The zero-order valence-electron chi connectivity index (χ0n) is 20.7. The molecule has 38 heavy (non-hydrogen) atoms. The van der Waals surface area contributed by atoms with Crippen LogP contribution in [0, 0.1) is 11.8 Å². The predicted molar refractivity (Wildman–Crippen MR) is 145 cm³/mol. The van der Waals surface area contributed by atoms with E-state index in [0.29, 0.717) is 15.7 Å². The molecule has 1 saturated carbocycles. The second-order valence-electron chi connectivity index (χ2n) is 10.6. The van der Waals surface area contributed by atoms with Crippen LogP contribution in [0.2, 0.25) is 10.0 Å². The van der Waals surface area contributed by atoms with Crippen LogP contribution in [-0.2, 0) is 25.7 Å². The lowest BCUT2D eigenvalue weighted by Crippen LogP contribution is -2.56. The summed E-state index contributed by atoms with van der Waals surface area (Å²) >= 11 is 12.2. The Bertz CT molecular complexity index is 1300. The number of benzene rings is 2. The highest BCUT2D eigenvalue weighted by Crippen LogP contribution is 2.55. The Labute approximate surface area is 231 Å². The molecule has 4 aliphatic rings. The third-order valence-corrected chi connectivity index (χ3v) is 9.00. The van der Waals surface area contributed by atoms with Crippen LogP contribution in [0.5, 0.6) is 0 Å². The third-order valence-electron chi connectivity index (χ3n) is 8.26. The molecule has 6 rings (SSSR count). The van der Waals surface area contributed by atoms with E-state index >= 15 is 0 Å². The summed E-state index contributed by atoms with van der Waals surface area (Å²) in [5, 5.41) is 6.78. The average Bonchev–Trinajstić information content (AvgIpc) is 3.55. The van der Waals surface area contributed by atoms with E-state index in [1.165, 1.54) is 6.42 Å². The van der Waals surface area contributed by atoms with Crippen LogP contribution >= 0.6 is 23.2 Å². The first-order chi connectivity index (χ1) is 18.4. The van der Waals surface area contributed by atoms with Crippen molar-refractivity contribution in [3.8, 4) is 0 Å². The number of anilines is 1. The van der Waals surface area contributed by atoms with Crippen molar-refractivity contribution in [2.24, 2.45) is 11.8 Å². The van der Waals surface area contributed by atoms with Crippen LogP contribution < -0.4 is 10.6 Å². The van der Waals surface area contributed by atoms with Crippen LogP contribution in [0.3, 0.4) is 0 Å². The lowest BCUT2D eigenvalue weighted by atomic mass is 9.74. The predicted octanol–water partition coefficient (Wildman–Crippen LogP) is 4.73. The number of ether oxygens (including phenoxy) is 1. The van der Waals surface area contributed by atoms with Crippen LogP contribution in [0.15, 0.2) is 60.7 Å². The molecule has 0 radical (unpaired) electrons. The van der Waals surface area contributed by atoms with E-state index < -0.39 is 29.6 Å². The summed E-state index contributed by atoms with van der Waals surface area (Å²) in [5.74, 6) is -2.43. The number of carbonyl (C=O) groups excluding carboxylic acids is 3. The highest BCUT2D eigenvalue weighted by atomic mass is 35.5. The van der Waals surface area contributed by atoms with Gasteiger partial charge in [0.25, 0.3) is 0 Å². The molecular formula is C29H29Cl2N3O4. The number of hydrogen-bond acceptors (Lipinski definition) is 4. The summed E-state index contributed by atoms with van der Waals surface area (Å²) in [4.78, 5) is 43.1. The highest BCUT2D eigenvalue weighted by molar-refractivity contribution is 6.42. The van der Waals surface area contributed by atoms with Crippen molar-refractivity contribution in [1.29, 1.82) is 0 Å². The Hall–Kier alpha value is -2.87. The quantitative estimate of drug-likeness (QED) is 0.506. The van der Waals surface area contributed by atoms with E-state index in [1.54, 1.807) is 23.1 Å². The van der Waals surface area contributed by atoms with E-state index in [0.717, 1.165) is 31.2 Å². The molecule has 3 fully saturated rings. The second-order valence-corrected chi connectivity index (χ2v) is 11.4. The number of hydrogen-bond donors (Lipinski definition) is 2. The molecule has 2 N–H and O–H groups in total. The number of amides is 3. The van der Waals surface area contributed by atoms with Crippen molar-refractivity contribution in [3.63, 3.8) is 0 Å². The van der Waals surface area contributed by atoms with Gasteiger partial charge in [-0.05, 0) is 36.6 Å². The molecule has 0 unspecified atom stereocenters. The van der Waals surface area contributed by atoms with Crippen LogP contribution in [-0.4, -0.2) is 46.4 Å². The van der Waals surface area contributed by atoms with E-state index in [1.807, 2.05) is 42.5 Å². The van der Waals surface area contributed by atoms with Crippen LogP contribution in [0.1, 0.15) is 37.7 Å². The van der Waals surface area contributed by atoms with E-state index in [4.69, 9.17) is 27.9 Å². The molecule has 3 heterocycles. The number of fused-ring (bicyclic) bond motifs is 1. The molecule has 5 atom stereocenters. The van der Waals surface area contributed by atoms with Gasteiger partial charge in [0.15, 0.2) is 0 Å². The molecule has 2 bridgehead atoms. The molecule has 3 amide bonds. The maximum atomic E-state index is 14.1. The van der Waals surface area contributed by atoms with Crippen molar-refractivity contribution >= 4 is 46.6 Å². The van der Waals surface area contributed by atoms with Gasteiger partial charge in [0.2, 0.25) is 17.7 Å². The fraction of sp³-hybridized carbons (Fsp3) is 0.414. The molecule has 7 nitrogen and oxygen atoms in total. The van der Waals surface area contributed by atoms with Crippen molar-refractivity contribution in [1.82, 2.24) is 10.2 Å². The molecule has 2 saturated heterocycles. The van der Waals surface area contributed by atoms with Gasteiger partial charge in [0.05, 0.1) is 28.0 Å². The molecule has 2 aromatic rings. The van der Waals surface area contributed by atoms with Gasteiger partial charge < -0.3 is 20.3 Å². The topological polar surface area (TPSA) is 87.7 Å². The van der Waals surface area contributed by atoms with Gasteiger partial charge in [-0.2, -0.15) is 0 Å². The lowest BCUT2D eigenvalue weighted by Gasteiger charge is -2.34. The number of likely N-dealkylation sites (tertiary alicyclic amines) is 1. The first-order valence-corrected chi connectivity index (χ1v) is 13.9. The fourth-order valence-corrected chi connectivity index (χ4v) is 6.84. The number of rotatable bonds is 6. The first-order valence-electron chi connectivity index (χ1n) is 13.2. The zero-order chi connectivity index (χ0) is 26.4. The minimum absolute atomic E-state index is 0.0803. The van der Waals surface area contributed by atoms with Crippen LogP contribution in [0.25, 0.3) is 0 Å². The molecule has 2 aromatic carbocycles. The number of halogens is 2. The summed E-state index contributed by atoms with van der Waals surface area (Å²) in [5.41, 5.74) is 0.181. The van der Waals surface area contributed by atoms with Gasteiger partial charge in [-0.1, -0.05) is 84.9 Å². The lowest BCUT2D eigenvalue weighted by molar-refractivity contribution is -0.142. The molecule has 9 heteroatoms. The Balaban J connectivity index is 1.32. The average molecular weight is 554 g/mol. The largest absolute Gasteiger partial charge is 0.359 e. The summed E-state index contributed by atoms with van der Waals surface area (Å²) in [7, 11) is 0. The van der Waals surface area contributed by atoms with Gasteiger partial charge in [-0.25, -0.2) is 0 Å². The van der Waals surface area contributed by atoms with Gasteiger partial charge in [-0.15, -0.1) is 0 Å². The van der Waals surface area contributed by atoms with Gasteiger partial charge in [-0.3, -0.25) is 14.4 Å². The molecule has 0 aromatic heterocycles. The Kier molecular flexibility index (Phi) is 6.70. The van der Waals surface area contributed by atoms with Crippen LogP contribution in [0.4, 0.5) is 5.69 Å². The van der Waals surface area contributed by atoms with E-state index in [-0.39, 0.29) is 30.3 Å². The SMILES string of the molecule is O=C(Nc1ccc(Cl)c(Cl)c1)[C@H]1[C@@H]2C=C[C@]3(O2)[C@@H]1C(=O)N(Cc1ccccc1)[C@@H]3C(=O)NC1CCCCC1. The Morgan fingerprint density at radius 1 is 1.00 bits per heavy atom. The first kappa shape index (κ1) is 25.4. The second kappa shape index (κ2) is 10.0. The van der Waals surface area contributed by atoms with E-state index in [9.17, 15) is 14.4 Å². The smallest absolute Gasteiger partial charge is 0.246 e. The van der Waals surface area contributed by atoms with Crippen molar-refractivity contribution in [2.75, 3.05) is 5.32 Å². The maximum Gasteiger partial charge on any atom is 0.246 e. The molecule has 1 aliphatic carbocycles. The Morgan fingerprint density at radius 3 is 2.50 bits per heavy atom. The Morgan fingerprint density at radius 2 is 1.76 bits per heavy atom. The van der Waals surface area contributed by atoms with Crippen molar-refractivity contribution < 1.29 is 19.1 Å². The maximum absolute atomic E-state index is 14.1. The molecule has 1 spiro atoms. The summed E-state index contributed by atoms with van der Waals surface area (Å²) in [6.07, 6.45) is 8.22. The van der Waals surface area contributed by atoms with Gasteiger partial charge in [0.1, 0.15) is 11.6 Å². The number of carbonyl (C=O) groups is 3. The summed E-state index contributed by atoms with van der Waals surface area (Å²) in [6.45, 7) is 0.254. The number of nitrogens with one attached hydrogen (secondary N) is 2. The zero-order valence-corrected chi connectivity index (χ0v) is 22.3. The molecular weight excluding hydrogens is 525 g/mol. The molecule has 3 aliphatic heterocycles. The number of nitrogens with zero attached hydrogens (tertiary/aromatic N) is 1. The fourth-order valence-electron chi connectivity index (χ4n) is 6.54. The highest BCUT2D eigenvalue weighted by Gasteiger charge is 2.72. The van der Waals surface area contributed by atoms with Gasteiger partial charge >= 0.3 is 0 Å². The van der Waals surface area contributed by atoms with Crippen molar-refractivity contribution in [3.05, 3.63) is 76.3 Å². The summed E-state index contributed by atoms with van der Waals surface area (Å²) < 4.78 is 6.42. The monoisotopic (exact) mass is 553 g/mol. The van der Waals surface area contributed by atoms with E-state index in [2.05, 4.69) is 10.6 Å². The minimum atomic E-state index is -1.20. The van der Waals surface area contributed by atoms with Gasteiger partial charge in [0, 0.05) is 18.3 Å². The standard InChI is InChI=1S/C29H29Cl2N3O4/c30-20-12-11-19(15-21(20)31)33-26(35)23-22-13-14-29(38-22)24(23)28(37)34(16-17-7-3-1-4-8-17)25(29)27(36)32-18-9-5-2-6-10-18/h1,3-4,7-8,11-15,18,22-25H,2,5-6,9-10,16H2,(H,32,36)(H,33,35)/t22-,23-,24-,25+,29-/m0/s1. The summed E-state index contributed by atoms with van der Waals surface area (Å²) in [6, 6.07) is 13.6.